The fourth-order valence-corrected chi connectivity index (χ4v) is 0.671. The third kappa shape index (κ3) is 31.3. The zero-order valence-corrected chi connectivity index (χ0v) is 10.1. The molecule has 17 heavy (non-hydrogen) atoms. The number of hydrogen-bond donors (Lipinski definition) is 3. The highest BCUT2D eigenvalue weighted by Crippen LogP contribution is 1.80. The van der Waals surface area contributed by atoms with Gasteiger partial charge in [0.1, 0.15) is 0 Å². The van der Waals surface area contributed by atoms with Crippen LogP contribution in [0.4, 0.5) is 0 Å². The maximum Gasteiger partial charge on any atom is 0.300 e. The molecule has 0 spiro atoms. The highest BCUT2D eigenvalue weighted by atomic mass is 16.5. The molecule has 0 aliphatic heterocycles. The van der Waals surface area contributed by atoms with Gasteiger partial charge in [0.25, 0.3) is 5.97 Å². The summed E-state index contributed by atoms with van der Waals surface area (Å²) in [7, 11) is 0. The predicted molar refractivity (Wildman–Crippen MR) is 59.9 cm³/mol. The van der Waals surface area contributed by atoms with E-state index in [1.807, 2.05) is 0 Å². The second kappa shape index (κ2) is 17.7. The van der Waals surface area contributed by atoms with Crippen molar-refractivity contribution in [1.82, 2.24) is 0 Å². The number of aliphatic carboxylic acids is 1. The van der Waals surface area contributed by atoms with E-state index < -0.39 is 5.97 Å². The molecule has 0 aliphatic rings. The maximum absolute atomic E-state index is 9.00. The van der Waals surface area contributed by atoms with E-state index in [0.29, 0.717) is 39.6 Å². The molecular weight excluding hydrogens is 232 g/mol. The molecule has 0 saturated carbocycles. The van der Waals surface area contributed by atoms with Crippen molar-refractivity contribution in [3.05, 3.63) is 0 Å². The largest absolute Gasteiger partial charge is 0.481 e. The van der Waals surface area contributed by atoms with Crippen LogP contribution in [-0.2, 0) is 19.0 Å². The predicted octanol–water partition coefficient (Wildman–Crippen LogP) is -0.888. The molecule has 0 atom stereocenters. The molecule has 0 amide bonds. The van der Waals surface area contributed by atoms with E-state index in [-0.39, 0.29) is 13.2 Å². The summed E-state index contributed by atoms with van der Waals surface area (Å²) in [6, 6.07) is 0. The van der Waals surface area contributed by atoms with Gasteiger partial charge < -0.3 is 29.5 Å². The van der Waals surface area contributed by atoms with Crippen LogP contribution < -0.4 is 0 Å². The van der Waals surface area contributed by atoms with Crippen LogP contribution in [0.25, 0.3) is 0 Å². The molecule has 0 aromatic carbocycles. The molecule has 0 aliphatic carbocycles. The van der Waals surface area contributed by atoms with Crippen LogP contribution in [0.1, 0.15) is 6.92 Å². The Labute approximate surface area is 101 Å². The fraction of sp³-hybridized carbons (Fsp3) is 0.900. The zero-order chi connectivity index (χ0) is 13.4. The van der Waals surface area contributed by atoms with E-state index in [1.165, 1.54) is 0 Å². The average Bonchev–Trinajstić information content (AvgIpc) is 2.26. The molecule has 0 unspecified atom stereocenters. The van der Waals surface area contributed by atoms with Crippen LogP contribution in [0, 0.1) is 0 Å². The number of rotatable bonds is 10. The first-order chi connectivity index (χ1) is 8.15. The monoisotopic (exact) mass is 254 g/mol. The lowest BCUT2D eigenvalue weighted by molar-refractivity contribution is -0.134. The van der Waals surface area contributed by atoms with Gasteiger partial charge in [0.15, 0.2) is 0 Å². The summed E-state index contributed by atoms with van der Waals surface area (Å²) in [4.78, 5) is 9.00. The van der Waals surface area contributed by atoms with Gasteiger partial charge in [-0.1, -0.05) is 0 Å². The first-order valence-electron chi connectivity index (χ1n) is 5.29. The Hall–Kier alpha value is -0.730. The van der Waals surface area contributed by atoms with Gasteiger partial charge in [0.2, 0.25) is 0 Å². The van der Waals surface area contributed by atoms with E-state index >= 15 is 0 Å². The van der Waals surface area contributed by atoms with Gasteiger partial charge in [-0.15, -0.1) is 0 Å². The molecule has 0 rings (SSSR count). The average molecular weight is 254 g/mol. The highest BCUT2D eigenvalue weighted by molar-refractivity contribution is 5.62. The highest BCUT2D eigenvalue weighted by Gasteiger charge is 1.89. The molecule has 0 aromatic heterocycles. The van der Waals surface area contributed by atoms with Crippen molar-refractivity contribution in [2.75, 3.05) is 52.9 Å². The van der Waals surface area contributed by atoms with Crippen LogP contribution in [0.2, 0.25) is 0 Å². The number of carboxylic acid groups (broad SMARTS) is 1. The molecule has 104 valence electrons. The molecule has 3 N–H and O–H groups in total. The topological polar surface area (TPSA) is 105 Å². The van der Waals surface area contributed by atoms with Gasteiger partial charge in [-0.3, -0.25) is 4.79 Å². The summed E-state index contributed by atoms with van der Waals surface area (Å²) in [5.74, 6) is -0.833. The minimum absolute atomic E-state index is 0.0413. The molecule has 0 bridgehead atoms. The summed E-state index contributed by atoms with van der Waals surface area (Å²) in [6.45, 7) is 3.85. The van der Waals surface area contributed by atoms with Gasteiger partial charge in [-0.05, 0) is 0 Å². The maximum atomic E-state index is 9.00. The molecule has 0 saturated heterocycles. The van der Waals surface area contributed by atoms with Crippen LogP contribution >= 0.6 is 0 Å². The van der Waals surface area contributed by atoms with E-state index in [9.17, 15) is 0 Å². The summed E-state index contributed by atoms with van der Waals surface area (Å²) >= 11 is 0. The fourth-order valence-electron chi connectivity index (χ4n) is 0.671. The van der Waals surface area contributed by atoms with Gasteiger partial charge >= 0.3 is 0 Å². The SMILES string of the molecule is CC(=O)O.OCCOCCOCCOCCO. The third-order valence-electron chi connectivity index (χ3n) is 1.22. The van der Waals surface area contributed by atoms with Gasteiger partial charge in [0, 0.05) is 6.92 Å². The van der Waals surface area contributed by atoms with Crippen LogP contribution in [-0.4, -0.2) is 74.1 Å². The lowest BCUT2D eigenvalue weighted by Gasteiger charge is -2.04. The van der Waals surface area contributed by atoms with Crippen LogP contribution in [0.3, 0.4) is 0 Å². The van der Waals surface area contributed by atoms with E-state index in [2.05, 4.69) is 0 Å². The Bertz CT molecular complexity index is 138. The molecule has 0 fully saturated rings. The minimum Gasteiger partial charge on any atom is -0.481 e. The second-order valence-electron chi connectivity index (χ2n) is 2.80. The Morgan fingerprint density at radius 2 is 1.06 bits per heavy atom. The molecule has 7 nitrogen and oxygen atoms in total. The lowest BCUT2D eigenvalue weighted by Crippen LogP contribution is -2.11. The summed E-state index contributed by atoms with van der Waals surface area (Å²) in [6.07, 6.45) is 0. The number of hydrogen-bond acceptors (Lipinski definition) is 6. The van der Waals surface area contributed by atoms with Crippen molar-refractivity contribution < 1.29 is 34.3 Å². The Morgan fingerprint density at radius 1 is 0.824 bits per heavy atom. The van der Waals surface area contributed by atoms with Crippen molar-refractivity contribution in [2.45, 2.75) is 6.92 Å². The molecule has 0 heterocycles. The molecule has 0 aromatic rings. The van der Waals surface area contributed by atoms with E-state index in [1.54, 1.807) is 0 Å². The summed E-state index contributed by atoms with van der Waals surface area (Å²) in [5.41, 5.74) is 0. The standard InChI is InChI=1S/C8H18O5.C2H4O2/c9-1-3-11-5-7-13-8-6-12-4-2-10;1-2(3)4/h9-10H,1-8H2;1H3,(H,3,4). The molecule has 0 radical (unpaired) electrons. The number of carboxylic acids is 1. The quantitative estimate of drug-likeness (QED) is 0.434. The van der Waals surface area contributed by atoms with Gasteiger partial charge in [-0.25, -0.2) is 0 Å². The van der Waals surface area contributed by atoms with Crippen molar-refractivity contribution in [3.63, 3.8) is 0 Å². The Morgan fingerprint density at radius 3 is 1.29 bits per heavy atom. The number of ether oxygens (including phenoxy) is 3. The zero-order valence-electron chi connectivity index (χ0n) is 10.1. The van der Waals surface area contributed by atoms with Crippen molar-refractivity contribution in [3.8, 4) is 0 Å². The third-order valence-corrected chi connectivity index (χ3v) is 1.22. The second-order valence-corrected chi connectivity index (χ2v) is 2.80. The lowest BCUT2D eigenvalue weighted by atomic mass is 10.7. The van der Waals surface area contributed by atoms with E-state index in [0.717, 1.165) is 6.92 Å². The van der Waals surface area contributed by atoms with E-state index in [4.69, 9.17) is 34.3 Å². The first-order valence-corrected chi connectivity index (χ1v) is 5.29. The van der Waals surface area contributed by atoms with Crippen molar-refractivity contribution in [2.24, 2.45) is 0 Å². The molecule has 7 heteroatoms. The smallest absolute Gasteiger partial charge is 0.300 e. The van der Waals surface area contributed by atoms with Gasteiger partial charge in [0.05, 0.1) is 52.9 Å². The van der Waals surface area contributed by atoms with Crippen LogP contribution in [0.5, 0.6) is 0 Å². The number of carbonyl (C=O) groups is 1. The minimum atomic E-state index is -0.833. The first kappa shape index (κ1) is 18.6. The summed E-state index contributed by atoms with van der Waals surface area (Å²) in [5, 5.41) is 24.1. The van der Waals surface area contributed by atoms with Crippen LogP contribution in [0.15, 0.2) is 0 Å². The number of aliphatic hydroxyl groups is 2. The normalized spacial score (nSPS) is 9.59. The number of aliphatic hydroxyl groups excluding tert-OH is 2. The Balaban J connectivity index is 0. The van der Waals surface area contributed by atoms with Crippen molar-refractivity contribution in [1.29, 1.82) is 0 Å². The summed E-state index contributed by atoms with van der Waals surface area (Å²) < 4.78 is 15.0. The molecular formula is C10H22O7. The van der Waals surface area contributed by atoms with Gasteiger partial charge in [-0.2, -0.15) is 0 Å². The van der Waals surface area contributed by atoms with Crippen molar-refractivity contribution >= 4 is 5.97 Å². The Kier molecular flexibility index (Phi) is 19.4.